The van der Waals surface area contributed by atoms with E-state index >= 15 is 0 Å². The van der Waals surface area contributed by atoms with E-state index in [0.29, 0.717) is 0 Å². The summed E-state index contributed by atoms with van der Waals surface area (Å²) in [6, 6.07) is 53.0. The molecule has 0 spiro atoms. The summed E-state index contributed by atoms with van der Waals surface area (Å²) >= 11 is 0. The molecule has 252 valence electrons. The smallest absolute Gasteiger partial charge is 0.0485 e. The summed E-state index contributed by atoms with van der Waals surface area (Å²) in [4.78, 5) is 15.5. The Hall–Kier alpha value is -6.52. The van der Waals surface area contributed by atoms with Crippen LogP contribution in [0, 0.1) is 27.7 Å². The van der Waals surface area contributed by atoms with Crippen LogP contribution >= 0.6 is 0 Å². The molecule has 4 aromatic heterocycles. The van der Waals surface area contributed by atoms with Gasteiger partial charge in [-0.1, -0.05) is 119 Å². The van der Waals surface area contributed by atoms with Crippen molar-refractivity contribution in [1.82, 2.24) is 19.9 Å². The number of benzene rings is 4. The number of aromatic amines is 4. The lowest BCUT2D eigenvalue weighted by atomic mass is 10.0. The molecular weight excluding hydrogens is 633 g/mol. The third-order valence-corrected chi connectivity index (χ3v) is 10.3. The fraction of sp³-hybridized carbons (Fsp3) is 0.0833. The highest BCUT2D eigenvalue weighted by Crippen LogP contribution is 2.28. The predicted octanol–water partition coefficient (Wildman–Crippen LogP) is 7.54. The lowest BCUT2D eigenvalue weighted by molar-refractivity contribution is 1.19. The highest BCUT2D eigenvalue weighted by Gasteiger charge is 2.18. The van der Waals surface area contributed by atoms with Crippen LogP contribution in [0.15, 0.2) is 146 Å². The second kappa shape index (κ2) is 12.7. The Labute approximate surface area is 303 Å². The molecule has 0 unspecified atom stereocenters. The molecule has 0 fully saturated rings. The maximum Gasteiger partial charge on any atom is 0.0485 e. The van der Waals surface area contributed by atoms with E-state index < -0.39 is 0 Å². The van der Waals surface area contributed by atoms with Crippen molar-refractivity contribution in [2.45, 2.75) is 27.7 Å². The average Bonchev–Trinajstić information content (AvgIpc) is 3.99. The minimum atomic E-state index is 1.04. The van der Waals surface area contributed by atoms with Gasteiger partial charge in [-0.3, -0.25) is 0 Å². The molecule has 8 aromatic rings. The van der Waals surface area contributed by atoms with Crippen LogP contribution in [0.3, 0.4) is 0 Å². The number of aryl methyl sites for hydroxylation is 4. The Morgan fingerprint density at radius 1 is 0.231 bits per heavy atom. The third-order valence-electron chi connectivity index (χ3n) is 10.3. The molecular formula is C48H40N4. The number of aromatic nitrogens is 4. The first-order valence-corrected chi connectivity index (χ1v) is 17.9. The zero-order valence-electron chi connectivity index (χ0n) is 29.9. The van der Waals surface area contributed by atoms with Gasteiger partial charge in [-0.15, -0.1) is 0 Å². The average molecular weight is 673 g/mol. The van der Waals surface area contributed by atoms with Crippen molar-refractivity contribution in [3.63, 3.8) is 0 Å². The van der Waals surface area contributed by atoms with Crippen LogP contribution in [0.1, 0.15) is 67.3 Å². The summed E-state index contributed by atoms with van der Waals surface area (Å²) in [5, 5.41) is 4.17. The molecule has 1 aliphatic heterocycles. The van der Waals surface area contributed by atoms with Crippen LogP contribution in [0.2, 0.25) is 0 Å². The Balaban J connectivity index is 1.43. The van der Waals surface area contributed by atoms with Crippen LogP contribution in [-0.2, 0) is 0 Å². The van der Waals surface area contributed by atoms with Crippen LogP contribution in [0.25, 0.3) is 22.3 Å². The first-order valence-electron chi connectivity index (χ1n) is 17.9. The molecule has 0 aliphatic carbocycles. The van der Waals surface area contributed by atoms with Gasteiger partial charge < -0.3 is 19.9 Å². The maximum atomic E-state index is 3.88. The second-order valence-electron chi connectivity index (χ2n) is 14.1. The number of hydrogen-bond acceptors (Lipinski definition) is 0. The quantitative estimate of drug-likeness (QED) is 0.149. The van der Waals surface area contributed by atoms with Crippen molar-refractivity contribution in [3.8, 4) is 0 Å². The van der Waals surface area contributed by atoms with Crippen LogP contribution in [0.5, 0.6) is 0 Å². The molecule has 1 aliphatic rings. The molecule has 0 saturated carbocycles. The van der Waals surface area contributed by atoms with Gasteiger partial charge in [0.25, 0.3) is 0 Å². The Bertz CT molecular complexity index is 2440. The van der Waals surface area contributed by atoms with Crippen molar-refractivity contribution < 1.29 is 0 Å². The molecule has 0 radical (unpaired) electrons. The van der Waals surface area contributed by atoms with Crippen LogP contribution < -0.4 is 21.4 Å². The van der Waals surface area contributed by atoms with Gasteiger partial charge >= 0.3 is 0 Å². The fourth-order valence-electron chi connectivity index (χ4n) is 7.45. The molecule has 5 heterocycles. The summed E-state index contributed by atoms with van der Waals surface area (Å²) < 4.78 is 0. The minimum absolute atomic E-state index is 1.04. The van der Waals surface area contributed by atoms with E-state index in [1.165, 1.54) is 22.3 Å². The van der Waals surface area contributed by atoms with Crippen molar-refractivity contribution in [3.05, 3.63) is 234 Å². The van der Waals surface area contributed by atoms with Gasteiger partial charge in [0, 0.05) is 66.5 Å². The summed E-state index contributed by atoms with van der Waals surface area (Å²) in [5.74, 6) is 0. The minimum Gasteiger partial charge on any atom is -0.354 e. The molecule has 0 amide bonds. The van der Waals surface area contributed by atoms with Crippen LogP contribution in [-0.4, -0.2) is 19.9 Å². The molecule has 4 heteroatoms. The lowest BCUT2D eigenvalue weighted by Crippen LogP contribution is -2.19. The Morgan fingerprint density at radius 3 is 0.654 bits per heavy atom. The molecule has 52 heavy (non-hydrogen) atoms. The summed E-state index contributed by atoms with van der Waals surface area (Å²) in [6.45, 7) is 8.54. The molecule has 4 aromatic carbocycles. The van der Waals surface area contributed by atoms with Gasteiger partial charge in [0.1, 0.15) is 0 Å². The molecule has 4 nitrogen and oxygen atoms in total. The van der Waals surface area contributed by atoms with Crippen molar-refractivity contribution in [2.75, 3.05) is 0 Å². The first kappa shape index (κ1) is 31.5. The normalized spacial score (nSPS) is 17.0. The van der Waals surface area contributed by atoms with Gasteiger partial charge in [0.15, 0.2) is 0 Å². The molecule has 9 rings (SSSR count). The summed E-state index contributed by atoms with van der Waals surface area (Å²) in [6.07, 6.45) is 0. The predicted molar refractivity (Wildman–Crippen MR) is 213 cm³/mol. The van der Waals surface area contributed by atoms with Crippen molar-refractivity contribution >= 4 is 22.3 Å². The first-order chi connectivity index (χ1) is 25.4. The van der Waals surface area contributed by atoms with E-state index in [9.17, 15) is 0 Å². The molecule has 8 bridgehead atoms. The highest BCUT2D eigenvalue weighted by molar-refractivity contribution is 5.84. The largest absolute Gasteiger partial charge is 0.354 e. The van der Waals surface area contributed by atoms with E-state index in [4.69, 9.17) is 0 Å². The van der Waals surface area contributed by atoms with Gasteiger partial charge in [0.2, 0.25) is 0 Å². The van der Waals surface area contributed by atoms with Crippen molar-refractivity contribution in [1.29, 1.82) is 0 Å². The standard InChI is InChI=1S/C48H40N4/c1-29-5-13-33(14-6-29)45-37-21-23-39(49-37)46(34-15-7-30(2)8-16-34)41-25-27-43(51-41)48(36-19-11-32(4)12-20-36)44-28-26-42(52-44)47(40-24-22-38(45)50-40)35-17-9-31(3)10-18-35/h5-28,49-52H,1-4H3/b45-37-,45-38?,46-39-,46-41?,47-40?,47-42-,48-43?,48-44-. The SMILES string of the molecule is Cc1ccc(/C2=c3\cc/c([nH]3)=C(\c3ccc(C)cc3)c3ccc([nH]3)/C(c3ccc(C)cc3)=c3/cc/c([nH]3)=C(\c3ccc(C)cc3)c3ccc2[nH]3)cc1. The molecule has 0 saturated heterocycles. The number of H-pyrrole nitrogens is 4. The maximum absolute atomic E-state index is 3.88. The zero-order chi connectivity index (χ0) is 35.3. The van der Waals surface area contributed by atoms with Gasteiger partial charge in [-0.2, -0.15) is 0 Å². The number of fused-ring (bicyclic) bond motifs is 8. The van der Waals surface area contributed by atoms with E-state index in [0.717, 1.165) is 88.7 Å². The number of hydrogen-bond donors (Lipinski definition) is 4. The van der Waals surface area contributed by atoms with Gasteiger partial charge in [-0.05, 0) is 98.5 Å². The van der Waals surface area contributed by atoms with Crippen molar-refractivity contribution in [2.24, 2.45) is 0 Å². The molecule has 0 atom stereocenters. The number of nitrogens with one attached hydrogen (secondary N) is 4. The van der Waals surface area contributed by atoms with E-state index in [2.05, 4.69) is 193 Å². The lowest BCUT2D eigenvalue weighted by Gasteiger charge is -2.10. The van der Waals surface area contributed by atoms with E-state index in [-0.39, 0.29) is 0 Å². The fourth-order valence-corrected chi connectivity index (χ4v) is 7.45. The highest BCUT2D eigenvalue weighted by atomic mass is 14.8. The number of rotatable bonds is 4. The molecule has 4 N–H and O–H groups in total. The second-order valence-corrected chi connectivity index (χ2v) is 14.1. The monoisotopic (exact) mass is 672 g/mol. The summed E-state index contributed by atoms with van der Waals surface area (Å²) in [5.41, 5.74) is 18.1. The summed E-state index contributed by atoms with van der Waals surface area (Å²) in [7, 11) is 0. The Kier molecular flexibility index (Phi) is 7.66. The van der Waals surface area contributed by atoms with E-state index in [1.807, 2.05) is 0 Å². The van der Waals surface area contributed by atoms with Gasteiger partial charge in [-0.25, -0.2) is 0 Å². The van der Waals surface area contributed by atoms with Crippen LogP contribution in [0.4, 0.5) is 0 Å². The third kappa shape index (κ3) is 5.69. The van der Waals surface area contributed by atoms with Gasteiger partial charge in [0.05, 0.1) is 0 Å². The van der Waals surface area contributed by atoms with E-state index in [1.54, 1.807) is 0 Å². The Morgan fingerprint density at radius 2 is 0.442 bits per heavy atom. The zero-order valence-corrected chi connectivity index (χ0v) is 29.9. The topological polar surface area (TPSA) is 63.2 Å².